The van der Waals surface area contributed by atoms with Crippen LogP contribution in [0, 0.1) is 0 Å². The fraction of sp³-hybridized carbons (Fsp3) is 1.00. The molecule has 0 aliphatic carbocycles. The van der Waals surface area contributed by atoms with Crippen LogP contribution >= 0.6 is 0 Å². The molecular weight excluding hydrogens is 354 g/mol. The quantitative estimate of drug-likeness (QED) is 0.213. The van der Waals surface area contributed by atoms with Crippen LogP contribution in [0.25, 0.3) is 0 Å². The highest BCUT2D eigenvalue weighted by Gasteiger charge is 2.50. The highest BCUT2D eigenvalue weighted by Crippen LogP contribution is 2.28. The molecule has 0 spiro atoms. The number of aliphatic hydroxyl groups is 7. The van der Waals surface area contributed by atoms with E-state index < -0.39 is 74.6 Å². The summed E-state index contributed by atoms with van der Waals surface area (Å²) in [5, 5.41) is 71.8. The van der Waals surface area contributed by atoms with E-state index in [1.807, 2.05) is 6.92 Å². The van der Waals surface area contributed by atoms with E-state index in [0.717, 1.165) is 6.42 Å². The van der Waals surface area contributed by atoms with Gasteiger partial charge < -0.3 is 50.0 Å². The zero-order valence-corrected chi connectivity index (χ0v) is 14.5. The average molecular weight is 383 g/mol. The zero-order chi connectivity index (χ0) is 19.4. The molecular formula is C15H29NO10. The summed E-state index contributed by atoms with van der Waals surface area (Å²) in [5.41, 5.74) is 0. The molecule has 0 saturated carbocycles. The Morgan fingerprint density at radius 3 is 2.04 bits per heavy atom. The lowest BCUT2D eigenvalue weighted by Gasteiger charge is -2.46. The van der Waals surface area contributed by atoms with Gasteiger partial charge in [-0.2, -0.15) is 0 Å². The van der Waals surface area contributed by atoms with E-state index in [9.17, 15) is 35.7 Å². The minimum absolute atomic E-state index is 0.519. The Morgan fingerprint density at radius 2 is 1.46 bits per heavy atom. The molecule has 2 aliphatic heterocycles. The summed E-state index contributed by atoms with van der Waals surface area (Å²) in [6, 6.07) is 0. The summed E-state index contributed by atoms with van der Waals surface area (Å²) in [6.45, 7) is 1.25. The number of rotatable bonds is 7. The number of ether oxygens (including phenoxy) is 3. The van der Waals surface area contributed by atoms with Crippen LogP contribution in [0.15, 0.2) is 0 Å². The van der Waals surface area contributed by atoms with E-state index in [2.05, 4.69) is 5.32 Å². The van der Waals surface area contributed by atoms with Gasteiger partial charge in [-0.15, -0.1) is 0 Å². The third-order valence-electron chi connectivity index (χ3n) is 4.60. The van der Waals surface area contributed by atoms with E-state index >= 15 is 0 Å². The Bertz CT molecular complexity index is 425. The fourth-order valence-corrected chi connectivity index (χ4v) is 3.04. The van der Waals surface area contributed by atoms with Crippen LogP contribution in [-0.2, 0) is 14.2 Å². The van der Waals surface area contributed by atoms with Gasteiger partial charge in [-0.3, -0.25) is 5.32 Å². The van der Waals surface area contributed by atoms with Crippen LogP contribution in [0.3, 0.4) is 0 Å². The third kappa shape index (κ3) is 4.51. The second-order valence-corrected chi connectivity index (χ2v) is 6.51. The minimum Gasteiger partial charge on any atom is -0.394 e. The maximum absolute atomic E-state index is 10.4. The summed E-state index contributed by atoms with van der Waals surface area (Å²) < 4.78 is 16.2. The summed E-state index contributed by atoms with van der Waals surface area (Å²) in [6.07, 6.45) is -12.9. The monoisotopic (exact) mass is 383 g/mol. The largest absolute Gasteiger partial charge is 0.394 e. The molecule has 0 amide bonds. The van der Waals surface area contributed by atoms with Gasteiger partial charge in [0.1, 0.15) is 55.1 Å². The van der Waals surface area contributed by atoms with Crippen molar-refractivity contribution < 1.29 is 50.0 Å². The van der Waals surface area contributed by atoms with E-state index in [-0.39, 0.29) is 0 Å². The number of hydrogen-bond donors (Lipinski definition) is 8. The molecule has 0 aromatic carbocycles. The van der Waals surface area contributed by atoms with Crippen molar-refractivity contribution in [2.45, 2.75) is 74.7 Å². The van der Waals surface area contributed by atoms with Gasteiger partial charge >= 0.3 is 0 Å². The van der Waals surface area contributed by atoms with Gasteiger partial charge in [0.25, 0.3) is 0 Å². The molecule has 0 bridgehead atoms. The summed E-state index contributed by atoms with van der Waals surface area (Å²) in [4.78, 5) is 0. The standard InChI is InChI=1S/C15H29NO10/c1-2-3-16-14-11(22)10(21)13(7(5-18)24-14)26-15-12(23)9(20)8(19)6(4-17)25-15/h6-23H,2-5H2,1H3/t6-,7-,8+,9+,10-,11-,12-,13-,14?,15+/m1/s1. The molecule has 154 valence electrons. The second kappa shape index (κ2) is 9.66. The van der Waals surface area contributed by atoms with E-state index in [1.165, 1.54) is 0 Å². The first kappa shape index (κ1) is 21.9. The predicted molar refractivity (Wildman–Crippen MR) is 84.7 cm³/mol. The number of nitrogens with one attached hydrogen (secondary N) is 1. The molecule has 11 heteroatoms. The molecule has 0 aromatic rings. The lowest BCUT2D eigenvalue weighted by atomic mass is 9.96. The van der Waals surface area contributed by atoms with Gasteiger partial charge in [-0.25, -0.2) is 0 Å². The Labute approximate surface area is 150 Å². The van der Waals surface area contributed by atoms with Gasteiger partial charge in [0.05, 0.1) is 13.2 Å². The van der Waals surface area contributed by atoms with Crippen molar-refractivity contribution in [3.8, 4) is 0 Å². The topological polar surface area (TPSA) is 181 Å². The second-order valence-electron chi connectivity index (χ2n) is 6.51. The van der Waals surface area contributed by atoms with Crippen molar-refractivity contribution >= 4 is 0 Å². The molecule has 2 aliphatic rings. The molecule has 0 radical (unpaired) electrons. The third-order valence-corrected chi connectivity index (χ3v) is 4.60. The highest BCUT2D eigenvalue weighted by molar-refractivity contribution is 4.95. The van der Waals surface area contributed by atoms with E-state index in [4.69, 9.17) is 14.2 Å². The van der Waals surface area contributed by atoms with E-state index in [0.29, 0.717) is 6.54 Å². The maximum Gasteiger partial charge on any atom is 0.187 e. The van der Waals surface area contributed by atoms with Crippen molar-refractivity contribution in [1.82, 2.24) is 5.32 Å². The smallest absolute Gasteiger partial charge is 0.187 e. The SMILES string of the molecule is CCCNC1O[C@H](CO)[C@@H](O[C@@H]2O[C@H](CO)[C@H](O)[C@H](O)[C@H]2O)[C@H](O)[C@H]1O. The van der Waals surface area contributed by atoms with E-state index in [1.54, 1.807) is 0 Å². The van der Waals surface area contributed by atoms with Crippen molar-refractivity contribution in [1.29, 1.82) is 0 Å². The summed E-state index contributed by atoms with van der Waals surface area (Å²) in [7, 11) is 0. The van der Waals surface area contributed by atoms with Crippen LogP contribution in [0.2, 0.25) is 0 Å². The van der Waals surface area contributed by atoms with Gasteiger partial charge in [0.2, 0.25) is 0 Å². The first-order valence-corrected chi connectivity index (χ1v) is 8.67. The normalized spacial score (nSPS) is 47.1. The Hall–Kier alpha value is -0.440. The molecule has 10 atom stereocenters. The number of hydrogen-bond acceptors (Lipinski definition) is 11. The zero-order valence-electron chi connectivity index (χ0n) is 14.5. The van der Waals surface area contributed by atoms with Gasteiger partial charge in [-0.05, 0) is 13.0 Å². The Morgan fingerprint density at radius 1 is 0.808 bits per heavy atom. The van der Waals surface area contributed by atoms with Crippen LogP contribution in [0.5, 0.6) is 0 Å². The lowest BCUT2D eigenvalue weighted by molar-refractivity contribution is -0.343. The van der Waals surface area contributed by atoms with Gasteiger partial charge in [0, 0.05) is 0 Å². The van der Waals surface area contributed by atoms with Crippen LogP contribution < -0.4 is 5.32 Å². The van der Waals surface area contributed by atoms with Gasteiger partial charge in [-0.1, -0.05) is 6.92 Å². The number of aliphatic hydroxyl groups excluding tert-OH is 7. The van der Waals surface area contributed by atoms with Crippen molar-refractivity contribution in [2.24, 2.45) is 0 Å². The minimum atomic E-state index is -1.67. The molecule has 2 heterocycles. The maximum atomic E-state index is 10.4. The predicted octanol–water partition coefficient (Wildman–Crippen LogP) is -4.39. The molecule has 2 fully saturated rings. The Kier molecular flexibility index (Phi) is 8.12. The molecule has 2 rings (SSSR count). The molecule has 8 N–H and O–H groups in total. The highest BCUT2D eigenvalue weighted by atomic mass is 16.7. The van der Waals surface area contributed by atoms with Crippen LogP contribution in [0.4, 0.5) is 0 Å². The Balaban J connectivity index is 2.09. The first-order chi connectivity index (χ1) is 12.3. The van der Waals surface area contributed by atoms with Crippen LogP contribution in [-0.4, -0.2) is 117 Å². The fourth-order valence-electron chi connectivity index (χ4n) is 3.04. The summed E-state index contributed by atoms with van der Waals surface area (Å²) >= 11 is 0. The molecule has 26 heavy (non-hydrogen) atoms. The van der Waals surface area contributed by atoms with Crippen molar-refractivity contribution in [2.75, 3.05) is 19.8 Å². The average Bonchev–Trinajstić information content (AvgIpc) is 2.64. The van der Waals surface area contributed by atoms with Crippen molar-refractivity contribution in [3.63, 3.8) is 0 Å². The molecule has 2 saturated heterocycles. The van der Waals surface area contributed by atoms with Crippen LogP contribution in [0.1, 0.15) is 13.3 Å². The summed E-state index contributed by atoms with van der Waals surface area (Å²) in [5.74, 6) is 0. The first-order valence-electron chi connectivity index (χ1n) is 8.67. The van der Waals surface area contributed by atoms with Crippen molar-refractivity contribution in [3.05, 3.63) is 0 Å². The van der Waals surface area contributed by atoms with Gasteiger partial charge in [0.15, 0.2) is 6.29 Å². The molecule has 0 aromatic heterocycles. The lowest BCUT2D eigenvalue weighted by Crippen LogP contribution is -2.66. The molecule has 1 unspecified atom stereocenters. The molecule has 11 nitrogen and oxygen atoms in total.